The molecule has 0 spiro atoms. The van der Waals surface area contributed by atoms with Gasteiger partial charge in [-0.3, -0.25) is 14.4 Å². The number of hydrogen-bond donors (Lipinski definition) is 1. The van der Waals surface area contributed by atoms with Gasteiger partial charge in [0, 0.05) is 19.2 Å². The summed E-state index contributed by atoms with van der Waals surface area (Å²) >= 11 is 0. The van der Waals surface area contributed by atoms with E-state index < -0.39 is 0 Å². The number of likely N-dealkylation sites (N-methyl/N-ethyl adjacent to an activating group) is 1. The molecule has 0 radical (unpaired) electrons. The van der Waals surface area contributed by atoms with Crippen molar-refractivity contribution in [3.63, 3.8) is 0 Å². The Balaban J connectivity index is 1.95. The number of rotatable bonds is 5. The summed E-state index contributed by atoms with van der Waals surface area (Å²) < 4.78 is 14.6. The van der Waals surface area contributed by atoms with Crippen molar-refractivity contribution in [3.05, 3.63) is 47.4 Å². The maximum absolute atomic E-state index is 13.0. The van der Waals surface area contributed by atoms with Crippen LogP contribution in [0.25, 0.3) is 0 Å². The number of carbonyl (C=O) groups is 1. The summed E-state index contributed by atoms with van der Waals surface area (Å²) in [7, 11) is 3.65. The average molecular weight is 304 g/mol. The topological polar surface area (TPSA) is 50.2 Å². The zero-order valence-electron chi connectivity index (χ0n) is 13.3. The Morgan fingerprint density at radius 1 is 1.41 bits per heavy atom. The molecule has 0 aliphatic rings. The van der Waals surface area contributed by atoms with Crippen LogP contribution < -0.4 is 5.32 Å². The van der Waals surface area contributed by atoms with Gasteiger partial charge in [-0.25, -0.2) is 4.39 Å². The molecule has 0 fully saturated rings. The van der Waals surface area contributed by atoms with Gasteiger partial charge in [0.25, 0.3) is 0 Å². The second kappa shape index (κ2) is 6.70. The molecule has 22 heavy (non-hydrogen) atoms. The molecule has 1 aromatic carbocycles. The fourth-order valence-electron chi connectivity index (χ4n) is 2.27. The quantitative estimate of drug-likeness (QED) is 0.923. The first kappa shape index (κ1) is 16.2. The summed E-state index contributed by atoms with van der Waals surface area (Å²) in [6, 6.07) is 8.16. The Bertz CT molecular complexity index is 651. The number of nitrogens with zero attached hydrogens (tertiary/aromatic N) is 3. The molecule has 1 amide bonds. The summed E-state index contributed by atoms with van der Waals surface area (Å²) in [5, 5.41) is 7.02. The molecule has 1 aromatic heterocycles. The van der Waals surface area contributed by atoms with Crippen molar-refractivity contribution in [2.75, 3.05) is 18.9 Å². The maximum Gasteiger partial charge on any atom is 0.239 e. The minimum absolute atomic E-state index is 0.0135. The molecule has 0 saturated carbocycles. The third-order valence-corrected chi connectivity index (χ3v) is 3.68. The van der Waals surface area contributed by atoms with Crippen molar-refractivity contribution in [2.45, 2.75) is 19.9 Å². The number of halogens is 1. The van der Waals surface area contributed by atoms with Crippen LogP contribution in [0, 0.1) is 12.7 Å². The number of carbonyl (C=O) groups excluding carboxylic acids is 1. The summed E-state index contributed by atoms with van der Waals surface area (Å²) in [6.07, 6.45) is 0. The van der Waals surface area contributed by atoms with Gasteiger partial charge in [0.15, 0.2) is 0 Å². The number of nitrogens with one attached hydrogen (secondary N) is 1. The van der Waals surface area contributed by atoms with E-state index in [9.17, 15) is 9.18 Å². The normalized spacial score (nSPS) is 12.5. The predicted octanol–water partition coefficient (Wildman–Crippen LogP) is 2.50. The molecule has 1 N–H and O–H groups in total. The van der Waals surface area contributed by atoms with E-state index in [2.05, 4.69) is 10.4 Å². The third-order valence-electron chi connectivity index (χ3n) is 3.68. The Morgan fingerprint density at radius 2 is 2.05 bits per heavy atom. The first-order valence-corrected chi connectivity index (χ1v) is 7.13. The van der Waals surface area contributed by atoms with Crippen LogP contribution in [0.2, 0.25) is 0 Å². The fourth-order valence-corrected chi connectivity index (χ4v) is 2.27. The van der Waals surface area contributed by atoms with Crippen molar-refractivity contribution in [1.29, 1.82) is 0 Å². The summed E-state index contributed by atoms with van der Waals surface area (Å²) in [4.78, 5) is 14.0. The number of aromatic nitrogens is 2. The van der Waals surface area contributed by atoms with E-state index in [1.54, 1.807) is 23.9 Å². The van der Waals surface area contributed by atoms with Gasteiger partial charge in [-0.2, -0.15) is 5.10 Å². The molecule has 6 heteroatoms. The van der Waals surface area contributed by atoms with Gasteiger partial charge in [-0.1, -0.05) is 12.1 Å². The van der Waals surface area contributed by atoms with Crippen LogP contribution in [0.4, 0.5) is 10.2 Å². The lowest BCUT2D eigenvalue weighted by molar-refractivity contribution is -0.117. The molecular formula is C16H21FN4O. The van der Waals surface area contributed by atoms with Crippen molar-refractivity contribution >= 4 is 11.7 Å². The lowest BCUT2D eigenvalue weighted by Gasteiger charge is -2.24. The van der Waals surface area contributed by atoms with E-state index in [-0.39, 0.29) is 24.3 Å². The molecule has 1 unspecified atom stereocenters. The van der Waals surface area contributed by atoms with Gasteiger partial charge in [0.05, 0.1) is 12.2 Å². The van der Waals surface area contributed by atoms with Gasteiger partial charge in [-0.15, -0.1) is 0 Å². The monoisotopic (exact) mass is 304 g/mol. The highest BCUT2D eigenvalue weighted by Gasteiger charge is 2.16. The van der Waals surface area contributed by atoms with Crippen LogP contribution in [0.15, 0.2) is 30.3 Å². The minimum Gasteiger partial charge on any atom is -0.310 e. The van der Waals surface area contributed by atoms with Crippen LogP contribution in [0.1, 0.15) is 24.2 Å². The molecule has 0 bridgehead atoms. The van der Waals surface area contributed by atoms with Gasteiger partial charge in [0.1, 0.15) is 11.6 Å². The number of hydrogen-bond acceptors (Lipinski definition) is 3. The molecule has 1 heterocycles. The van der Waals surface area contributed by atoms with Crippen molar-refractivity contribution in [2.24, 2.45) is 7.05 Å². The van der Waals surface area contributed by atoms with E-state index in [1.165, 1.54) is 12.1 Å². The molecular weight excluding hydrogens is 283 g/mol. The van der Waals surface area contributed by atoms with E-state index in [0.717, 1.165) is 11.3 Å². The molecule has 118 valence electrons. The zero-order valence-corrected chi connectivity index (χ0v) is 13.3. The summed E-state index contributed by atoms with van der Waals surface area (Å²) in [6.45, 7) is 4.09. The maximum atomic E-state index is 13.0. The molecule has 0 saturated heterocycles. The van der Waals surface area contributed by atoms with Crippen molar-refractivity contribution in [3.8, 4) is 0 Å². The Morgan fingerprint density at radius 3 is 2.59 bits per heavy atom. The average Bonchev–Trinajstić information content (AvgIpc) is 2.76. The minimum atomic E-state index is -0.261. The van der Waals surface area contributed by atoms with E-state index in [1.807, 2.05) is 31.9 Å². The highest BCUT2D eigenvalue weighted by atomic mass is 19.1. The largest absolute Gasteiger partial charge is 0.310 e. The molecule has 2 aromatic rings. The summed E-state index contributed by atoms with van der Waals surface area (Å²) in [5.41, 5.74) is 1.82. The van der Waals surface area contributed by atoms with Crippen LogP contribution >= 0.6 is 0 Å². The lowest BCUT2D eigenvalue weighted by atomic mass is 10.1. The third kappa shape index (κ3) is 3.92. The number of anilines is 1. The number of benzene rings is 1. The second-order valence-corrected chi connectivity index (χ2v) is 5.49. The standard InChI is InChI=1S/C16H21FN4O/c1-11-9-15(21(4)19-11)18-16(22)10-20(3)12(2)13-5-7-14(17)8-6-13/h5-9,12H,10H2,1-4H3,(H,18,22). The highest BCUT2D eigenvalue weighted by molar-refractivity contribution is 5.91. The summed E-state index contributed by atoms with van der Waals surface area (Å²) in [5.74, 6) is 0.299. The second-order valence-electron chi connectivity index (χ2n) is 5.49. The van der Waals surface area contributed by atoms with E-state index >= 15 is 0 Å². The van der Waals surface area contributed by atoms with Crippen molar-refractivity contribution in [1.82, 2.24) is 14.7 Å². The number of aryl methyl sites for hydroxylation is 2. The first-order chi connectivity index (χ1) is 10.4. The van der Waals surface area contributed by atoms with Crippen LogP contribution in [0.5, 0.6) is 0 Å². The smallest absolute Gasteiger partial charge is 0.239 e. The molecule has 5 nitrogen and oxygen atoms in total. The Hall–Kier alpha value is -2.21. The van der Waals surface area contributed by atoms with Gasteiger partial charge < -0.3 is 5.32 Å². The zero-order chi connectivity index (χ0) is 16.3. The van der Waals surface area contributed by atoms with Crippen LogP contribution in [-0.2, 0) is 11.8 Å². The van der Waals surface area contributed by atoms with E-state index in [0.29, 0.717) is 5.82 Å². The Labute approximate surface area is 129 Å². The first-order valence-electron chi connectivity index (χ1n) is 7.13. The van der Waals surface area contributed by atoms with Gasteiger partial charge in [0.2, 0.25) is 5.91 Å². The molecule has 2 rings (SSSR count). The molecule has 1 atom stereocenters. The van der Waals surface area contributed by atoms with Gasteiger partial charge in [-0.05, 0) is 38.6 Å². The predicted molar refractivity (Wildman–Crippen MR) is 84.0 cm³/mol. The lowest BCUT2D eigenvalue weighted by Crippen LogP contribution is -2.32. The van der Waals surface area contributed by atoms with Crippen molar-refractivity contribution < 1.29 is 9.18 Å². The highest BCUT2D eigenvalue weighted by Crippen LogP contribution is 2.19. The molecule has 0 aliphatic carbocycles. The van der Waals surface area contributed by atoms with E-state index in [4.69, 9.17) is 0 Å². The van der Waals surface area contributed by atoms with Gasteiger partial charge >= 0.3 is 0 Å². The molecule has 0 aliphatic heterocycles. The van der Waals surface area contributed by atoms with Crippen LogP contribution in [0.3, 0.4) is 0 Å². The van der Waals surface area contributed by atoms with Crippen LogP contribution in [-0.4, -0.2) is 34.2 Å². The Kier molecular flexibility index (Phi) is 4.92. The SMILES string of the molecule is Cc1cc(NC(=O)CN(C)C(C)c2ccc(F)cc2)n(C)n1. The number of amides is 1. The fraction of sp³-hybridized carbons (Fsp3) is 0.375.